The van der Waals surface area contributed by atoms with Gasteiger partial charge in [0.2, 0.25) is 5.91 Å². The van der Waals surface area contributed by atoms with Crippen molar-refractivity contribution in [2.45, 2.75) is 96.6 Å². The van der Waals surface area contributed by atoms with Gasteiger partial charge in [-0.15, -0.1) is 0 Å². The summed E-state index contributed by atoms with van der Waals surface area (Å²) in [5.41, 5.74) is 1.04. The molecule has 4 fully saturated rings. The second-order valence-electron chi connectivity index (χ2n) is 11.7. The maximum Gasteiger partial charge on any atom is 0.410 e. The van der Waals surface area contributed by atoms with Gasteiger partial charge < -0.3 is 29.3 Å². The lowest BCUT2D eigenvalue weighted by molar-refractivity contribution is -0.121. The van der Waals surface area contributed by atoms with Gasteiger partial charge in [0.15, 0.2) is 0 Å². The van der Waals surface area contributed by atoms with Gasteiger partial charge in [0, 0.05) is 38.5 Å². The molecule has 0 bridgehead atoms. The number of allylic oxidation sites excluding steroid dienone is 1. The lowest BCUT2D eigenvalue weighted by atomic mass is 9.70. The summed E-state index contributed by atoms with van der Waals surface area (Å²) in [6.45, 7) is 16.4. The van der Waals surface area contributed by atoms with Crippen LogP contribution in [0.4, 0.5) is 4.79 Å². The molecule has 2 amide bonds. The van der Waals surface area contributed by atoms with E-state index in [1.165, 1.54) is 5.57 Å². The summed E-state index contributed by atoms with van der Waals surface area (Å²) in [4.78, 5) is 29.0. The largest absolute Gasteiger partial charge is 0.446 e. The third-order valence-electron chi connectivity index (χ3n) is 8.86. The highest BCUT2D eigenvalue weighted by Gasteiger charge is 2.68. The summed E-state index contributed by atoms with van der Waals surface area (Å²) >= 11 is 0. The molecule has 5 atom stereocenters. The standard InChI is InChI=1S/C28H47N3O5/c1-6-30(7-2)15-14-29-25(32)11-9-21-17-31(18-21)26(33)35-22-12-13-28(19-34-28)23(16-22)27(5)24(36-27)10-8-20(3)4/h8,21-24H,6-7,9-19H2,1-5H3,(H,29,32)/t22?,23?,24-,27-,28?/m1/s1. The molecule has 0 aromatic rings. The van der Waals surface area contributed by atoms with Gasteiger partial charge in [0.05, 0.1) is 23.9 Å². The molecule has 4 aliphatic rings. The Balaban J connectivity index is 1.15. The van der Waals surface area contributed by atoms with Crippen LogP contribution in [0.1, 0.15) is 73.1 Å². The van der Waals surface area contributed by atoms with E-state index in [1.54, 1.807) is 4.90 Å². The molecule has 1 spiro atoms. The normalized spacial score (nSPS) is 33.3. The molecule has 3 saturated heterocycles. The number of ether oxygens (including phenoxy) is 3. The monoisotopic (exact) mass is 505 g/mol. The molecule has 4 rings (SSSR count). The second kappa shape index (κ2) is 11.4. The molecule has 3 heterocycles. The Labute approximate surface area is 217 Å². The van der Waals surface area contributed by atoms with Gasteiger partial charge in [-0.25, -0.2) is 4.79 Å². The topological polar surface area (TPSA) is 86.9 Å². The molecule has 1 N–H and O–H groups in total. The minimum atomic E-state index is -0.214. The fraction of sp³-hybridized carbons (Fsp3) is 0.857. The van der Waals surface area contributed by atoms with E-state index in [0.717, 1.165) is 58.3 Å². The fourth-order valence-corrected chi connectivity index (χ4v) is 6.12. The molecule has 8 nitrogen and oxygen atoms in total. The summed E-state index contributed by atoms with van der Waals surface area (Å²) in [6.07, 6.45) is 7.01. The van der Waals surface area contributed by atoms with Crippen molar-refractivity contribution in [1.82, 2.24) is 15.1 Å². The number of hydrogen-bond acceptors (Lipinski definition) is 6. The number of rotatable bonds is 12. The van der Waals surface area contributed by atoms with E-state index < -0.39 is 0 Å². The van der Waals surface area contributed by atoms with Crippen molar-refractivity contribution in [3.05, 3.63) is 11.6 Å². The van der Waals surface area contributed by atoms with Gasteiger partial charge in [-0.3, -0.25) is 4.79 Å². The average Bonchev–Trinajstić information content (AvgIpc) is 3.73. The lowest BCUT2D eigenvalue weighted by Gasteiger charge is -2.41. The Bertz CT molecular complexity index is 814. The van der Waals surface area contributed by atoms with Gasteiger partial charge in [-0.1, -0.05) is 25.5 Å². The van der Waals surface area contributed by atoms with E-state index in [1.807, 2.05) is 0 Å². The van der Waals surface area contributed by atoms with Crippen LogP contribution in [-0.2, 0) is 19.0 Å². The first-order valence-corrected chi connectivity index (χ1v) is 14.1. The van der Waals surface area contributed by atoms with Crippen LogP contribution in [0.15, 0.2) is 11.6 Å². The molecule has 36 heavy (non-hydrogen) atoms. The fourth-order valence-electron chi connectivity index (χ4n) is 6.12. The molecule has 3 unspecified atom stereocenters. The van der Waals surface area contributed by atoms with Crippen LogP contribution < -0.4 is 5.32 Å². The third-order valence-corrected chi connectivity index (χ3v) is 8.86. The van der Waals surface area contributed by atoms with Crippen LogP contribution in [0.5, 0.6) is 0 Å². The van der Waals surface area contributed by atoms with Crippen LogP contribution in [0.25, 0.3) is 0 Å². The second-order valence-corrected chi connectivity index (χ2v) is 11.7. The Kier molecular flexibility index (Phi) is 8.67. The van der Waals surface area contributed by atoms with Gasteiger partial charge in [0.1, 0.15) is 6.10 Å². The van der Waals surface area contributed by atoms with E-state index in [-0.39, 0.29) is 41.3 Å². The Morgan fingerprint density at radius 3 is 2.58 bits per heavy atom. The van der Waals surface area contributed by atoms with Gasteiger partial charge in [-0.2, -0.15) is 0 Å². The highest BCUT2D eigenvalue weighted by molar-refractivity contribution is 5.76. The number of hydrogen-bond donors (Lipinski definition) is 1. The van der Waals surface area contributed by atoms with E-state index in [9.17, 15) is 9.59 Å². The maximum atomic E-state index is 12.8. The third kappa shape index (κ3) is 6.43. The van der Waals surface area contributed by atoms with Crippen molar-refractivity contribution in [3.8, 4) is 0 Å². The molecular weight excluding hydrogens is 458 g/mol. The van der Waals surface area contributed by atoms with Gasteiger partial charge in [-0.05, 0) is 71.9 Å². The molecule has 0 radical (unpaired) electrons. The lowest BCUT2D eigenvalue weighted by Crippen LogP contribution is -2.52. The number of carbonyl (C=O) groups excluding carboxylic acids is 2. The minimum Gasteiger partial charge on any atom is -0.446 e. The summed E-state index contributed by atoms with van der Waals surface area (Å²) in [5.74, 6) is 0.741. The molecule has 8 heteroatoms. The molecule has 0 aromatic heterocycles. The van der Waals surface area contributed by atoms with E-state index in [0.29, 0.717) is 32.0 Å². The van der Waals surface area contributed by atoms with Crippen molar-refractivity contribution in [2.75, 3.05) is 45.9 Å². The van der Waals surface area contributed by atoms with Gasteiger partial charge in [0.25, 0.3) is 0 Å². The smallest absolute Gasteiger partial charge is 0.410 e. The number of likely N-dealkylation sites (tertiary alicyclic amines) is 1. The van der Waals surface area contributed by atoms with Crippen LogP contribution in [0.2, 0.25) is 0 Å². The summed E-state index contributed by atoms with van der Waals surface area (Å²) in [7, 11) is 0. The van der Waals surface area contributed by atoms with Crippen molar-refractivity contribution in [1.29, 1.82) is 0 Å². The molecule has 0 aromatic carbocycles. The summed E-state index contributed by atoms with van der Waals surface area (Å²) in [6, 6.07) is 0. The SMILES string of the molecule is CCN(CC)CCNC(=O)CCC1CN(C(=O)OC2CCC3(CO3)C([C@@]3(C)O[C@@H]3CC=C(C)C)C2)C1. The van der Waals surface area contributed by atoms with Crippen molar-refractivity contribution in [2.24, 2.45) is 11.8 Å². The molecule has 204 valence electrons. The molecular formula is C28H47N3O5. The predicted molar refractivity (Wildman–Crippen MR) is 139 cm³/mol. The number of likely N-dealkylation sites (N-methyl/N-ethyl adjacent to an activating group) is 1. The van der Waals surface area contributed by atoms with Crippen molar-refractivity contribution in [3.63, 3.8) is 0 Å². The van der Waals surface area contributed by atoms with Gasteiger partial charge >= 0.3 is 6.09 Å². The van der Waals surface area contributed by atoms with Crippen molar-refractivity contribution < 1.29 is 23.8 Å². The first-order chi connectivity index (χ1) is 17.2. The molecule has 1 saturated carbocycles. The van der Waals surface area contributed by atoms with Crippen LogP contribution in [0, 0.1) is 11.8 Å². The molecule has 3 aliphatic heterocycles. The highest BCUT2D eigenvalue weighted by atomic mass is 16.6. The predicted octanol–water partition coefficient (Wildman–Crippen LogP) is 3.74. The number of epoxide rings is 2. The van der Waals surface area contributed by atoms with Crippen LogP contribution >= 0.6 is 0 Å². The number of nitrogens with zero attached hydrogens (tertiary/aromatic N) is 2. The van der Waals surface area contributed by atoms with Crippen LogP contribution in [-0.4, -0.2) is 91.1 Å². The minimum absolute atomic E-state index is 0.0782. The number of carbonyl (C=O) groups is 2. The number of amides is 2. The number of nitrogens with one attached hydrogen (secondary N) is 1. The Hall–Kier alpha value is -1.64. The first-order valence-electron chi connectivity index (χ1n) is 14.1. The maximum absolute atomic E-state index is 12.8. The zero-order valence-corrected chi connectivity index (χ0v) is 23.0. The van der Waals surface area contributed by atoms with Crippen molar-refractivity contribution >= 4 is 12.0 Å². The summed E-state index contributed by atoms with van der Waals surface area (Å²) in [5, 5.41) is 3.01. The Morgan fingerprint density at radius 2 is 1.94 bits per heavy atom. The quantitative estimate of drug-likeness (QED) is 0.321. The van der Waals surface area contributed by atoms with E-state index >= 15 is 0 Å². The highest BCUT2D eigenvalue weighted by Crippen LogP contribution is 2.59. The Morgan fingerprint density at radius 1 is 1.22 bits per heavy atom. The van der Waals surface area contributed by atoms with E-state index in [4.69, 9.17) is 14.2 Å². The van der Waals surface area contributed by atoms with Crippen LogP contribution in [0.3, 0.4) is 0 Å². The first kappa shape index (κ1) is 27.4. The zero-order valence-electron chi connectivity index (χ0n) is 23.0. The average molecular weight is 506 g/mol. The van der Waals surface area contributed by atoms with E-state index in [2.05, 4.69) is 50.9 Å². The molecule has 1 aliphatic carbocycles. The zero-order chi connectivity index (χ0) is 25.9. The summed E-state index contributed by atoms with van der Waals surface area (Å²) < 4.78 is 18.1.